The monoisotopic (exact) mass is 524 g/mol. The molecule has 0 spiro atoms. The summed E-state index contributed by atoms with van der Waals surface area (Å²) < 4.78 is 16.3. The molecule has 1 fully saturated rings. The predicted octanol–water partition coefficient (Wildman–Crippen LogP) is 5.62. The van der Waals surface area contributed by atoms with Crippen molar-refractivity contribution in [2.75, 3.05) is 31.0 Å². The first-order chi connectivity index (χ1) is 17.4. The molecule has 0 atom stereocenters. The Morgan fingerprint density at radius 2 is 1.75 bits per heavy atom. The molecule has 8 nitrogen and oxygen atoms in total. The SMILES string of the molecule is COc1ccccc1NC(=O)COc1ccc(/C=C2/SC(=O)N(c3cccc(Cl)c3)C2=O)cc1OC. The van der Waals surface area contributed by atoms with Crippen LogP contribution in [0.4, 0.5) is 16.2 Å². The number of nitrogens with zero attached hydrogens (tertiary/aromatic N) is 1. The Kier molecular flexibility index (Phi) is 7.82. The van der Waals surface area contributed by atoms with Gasteiger partial charge in [0.05, 0.1) is 30.5 Å². The van der Waals surface area contributed by atoms with Crippen LogP contribution in [0.25, 0.3) is 6.08 Å². The normalized spacial score (nSPS) is 14.2. The summed E-state index contributed by atoms with van der Waals surface area (Å²) in [6.45, 7) is -0.258. The summed E-state index contributed by atoms with van der Waals surface area (Å²) in [6.07, 6.45) is 1.59. The standard InChI is InChI=1S/C26H21ClN2O6S/c1-33-20-9-4-3-8-19(20)28-24(30)15-35-21-11-10-16(12-22(21)34-2)13-23-25(31)29(26(32)36-23)18-7-5-6-17(27)14-18/h3-14H,15H2,1-2H3,(H,28,30)/b23-13+. The van der Waals surface area contributed by atoms with E-state index in [4.69, 9.17) is 25.8 Å². The van der Waals surface area contributed by atoms with Gasteiger partial charge in [-0.2, -0.15) is 0 Å². The molecule has 1 N–H and O–H groups in total. The fourth-order valence-electron chi connectivity index (χ4n) is 3.43. The van der Waals surface area contributed by atoms with Crippen LogP contribution < -0.4 is 24.4 Å². The van der Waals surface area contributed by atoms with E-state index in [-0.39, 0.29) is 17.4 Å². The Morgan fingerprint density at radius 1 is 0.972 bits per heavy atom. The molecule has 0 unspecified atom stereocenters. The first kappa shape index (κ1) is 25.2. The molecule has 4 rings (SSSR count). The molecule has 0 bridgehead atoms. The van der Waals surface area contributed by atoms with Gasteiger partial charge in [-0.3, -0.25) is 14.4 Å². The van der Waals surface area contributed by atoms with Crippen molar-refractivity contribution in [1.29, 1.82) is 0 Å². The molecule has 0 radical (unpaired) electrons. The van der Waals surface area contributed by atoms with Gasteiger partial charge in [-0.25, -0.2) is 4.90 Å². The Morgan fingerprint density at radius 3 is 2.50 bits per heavy atom. The molecule has 3 amide bonds. The summed E-state index contributed by atoms with van der Waals surface area (Å²) in [6, 6.07) is 18.6. The van der Waals surface area contributed by atoms with E-state index in [0.717, 1.165) is 16.7 Å². The van der Waals surface area contributed by atoms with Crippen molar-refractivity contribution in [3.05, 3.63) is 82.2 Å². The number of benzene rings is 3. The summed E-state index contributed by atoms with van der Waals surface area (Å²) >= 11 is 6.84. The van der Waals surface area contributed by atoms with Crippen LogP contribution in [0.15, 0.2) is 71.6 Å². The number of nitrogens with one attached hydrogen (secondary N) is 1. The number of ether oxygens (including phenoxy) is 3. The lowest BCUT2D eigenvalue weighted by molar-refractivity contribution is -0.118. The number of carbonyl (C=O) groups excluding carboxylic acids is 3. The van der Waals surface area contributed by atoms with Gasteiger partial charge in [0.1, 0.15) is 5.75 Å². The van der Waals surface area contributed by atoms with E-state index in [1.54, 1.807) is 72.8 Å². The third kappa shape index (κ3) is 5.64. The number of carbonyl (C=O) groups is 3. The molecular formula is C26H21ClN2O6S. The van der Waals surface area contributed by atoms with Crippen LogP contribution in [0.5, 0.6) is 17.2 Å². The van der Waals surface area contributed by atoms with Gasteiger partial charge in [-0.1, -0.05) is 35.9 Å². The minimum absolute atomic E-state index is 0.256. The molecule has 3 aromatic carbocycles. The van der Waals surface area contributed by atoms with Gasteiger partial charge in [0, 0.05) is 5.02 Å². The molecule has 1 aliphatic rings. The molecule has 1 heterocycles. The van der Waals surface area contributed by atoms with Gasteiger partial charge in [0.2, 0.25) is 0 Å². The average Bonchev–Trinajstić information content (AvgIpc) is 3.15. The van der Waals surface area contributed by atoms with Crippen molar-refractivity contribution in [3.63, 3.8) is 0 Å². The van der Waals surface area contributed by atoms with Crippen LogP contribution in [-0.2, 0) is 9.59 Å². The largest absolute Gasteiger partial charge is 0.495 e. The molecule has 184 valence electrons. The summed E-state index contributed by atoms with van der Waals surface area (Å²) in [7, 11) is 2.99. The number of rotatable bonds is 8. The molecule has 36 heavy (non-hydrogen) atoms. The Bertz CT molecular complexity index is 1360. The van der Waals surface area contributed by atoms with Gasteiger partial charge in [0.25, 0.3) is 17.1 Å². The van der Waals surface area contributed by atoms with E-state index < -0.39 is 11.1 Å². The fraction of sp³-hybridized carbons (Fsp3) is 0.115. The third-order valence-electron chi connectivity index (χ3n) is 5.09. The quantitative estimate of drug-likeness (QED) is 0.382. The second-order valence-corrected chi connectivity index (χ2v) is 8.87. The number of hydrogen-bond donors (Lipinski definition) is 1. The maximum absolute atomic E-state index is 12.9. The molecular weight excluding hydrogens is 504 g/mol. The topological polar surface area (TPSA) is 94.2 Å². The molecule has 0 aromatic heterocycles. The number of para-hydroxylation sites is 2. The van der Waals surface area contributed by atoms with Crippen LogP contribution in [-0.4, -0.2) is 37.9 Å². The second-order valence-electron chi connectivity index (χ2n) is 7.44. The van der Waals surface area contributed by atoms with Crippen LogP contribution >= 0.6 is 23.4 Å². The van der Waals surface area contributed by atoms with Gasteiger partial charge >= 0.3 is 0 Å². The number of anilines is 2. The lowest BCUT2D eigenvalue weighted by Crippen LogP contribution is -2.27. The van der Waals surface area contributed by atoms with Crippen molar-refractivity contribution in [1.82, 2.24) is 0 Å². The van der Waals surface area contributed by atoms with E-state index in [2.05, 4.69) is 5.32 Å². The fourth-order valence-corrected chi connectivity index (χ4v) is 4.45. The number of amides is 3. The highest BCUT2D eigenvalue weighted by Crippen LogP contribution is 2.37. The number of halogens is 1. The zero-order valence-corrected chi connectivity index (χ0v) is 20.9. The molecule has 0 aliphatic carbocycles. The first-order valence-electron chi connectivity index (χ1n) is 10.7. The summed E-state index contributed by atoms with van der Waals surface area (Å²) in [5.41, 5.74) is 1.55. The Hall–Kier alpha value is -3.95. The van der Waals surface area contributed by atoms with E-state index in [9.17, 15) is 14.4 Å². The maximum Gasteiger partial charge on any atom is 0.298 e. The van der Waals surface area contributed by atoms with Crippen LogP contribution in [0, 0.1) is 0 Å². The lowest BCUT2D eigenvalue weighted by atomic mass is 10.2. The highest BCUT2D eigenvalue weighted by molar-refractivity contribution is 8.19. The second kappa shape index (κ2) is 11.2. The average molecular weight is 525 g/mol. The minimum Gasteiger partial charge on any atom is -0.495 e. The van der Waals surface area contributed by atoms with Gasteiger partial charge in [-0.15, -0.1) is 0 Å². The summed E-state index contributed by atoms with van der Waals surface area (Å²) in [4.78, 5) is 39.1. The first-order valence-corrected chi connectivity index (χ1v) is 11.9. The van der Waals surface area contributed by atoms with Gasteiger partial charge in [-0.05, 0) is 65.9 Å². The number of imide groups is 1. The molecule has 0 saturated carbocycles. The number of thioether (sulfide) groups is 1. The summed E-state index contributed by atoms with van der Waals surface area (Å²) in [5.74, 6) is 0.423. The van der Waals surface area contributed by atoms with E-state index in [1.807, 2.05) is 0 Å². The van der Waals surface area contributed by atoms with Gasteiger partial charge < -0.3 is 19.5 Å². The van der Waals surface area contributed by atoms with Crippen LogP contribution in [0.1, 0.15) is 5.56 Å². The molecule has 3 aromatic rings. The number of hydrogen-bond acceptors (Lipinski definition) is 7. The van der Waals surface area contributed by atoms with Crippen LogP contribution in [0.2, 0.25) is 5.02 Å². The van der Waals surface area contributed by atoms with Crippen molar-refractivity contribution in [2.45, 2.75) is 0 Å². The Labute approximate surface area is 216 Å². The zero-order chi connectivity index (χ0) is 25.7. The van der Waals surface area contributed by atoms with E-state index in [1.165, 1.54) is 14.2 Å². The lowest BCUT2D eigenvalue weighted by Gasteiger charge is -2.13. The van der Waals surface area contributed by atoms with Gasteiger partial charge in [0.15, 0.2) is 18.1 Å². The third-order valence-corrected chi connectivity index (χ3v) is 6.19. The smallest absolute Gasteiger partial charge is 0.298 e. The highest BCUT2D eigenvalue weighted by atomic mass is 35.5. The maximum atomic E-state index is 12.9. The highest BCUT2D eigenvalue weighted by Gasteiger charge is 2.36. The van der Waals surface area contributed by atoms with Crippen molar-refractivity contribution in [2.24, 2.45) is 0 Å². The summed E-state index contributed by atoms with van der Waals surface area (Å²) in [5, 5.41) is 2.74. The molecule has 1 saturated heterocycles. The predicted molar refractivity (Wildman–Crippen MR) is 140 cm³/mol. The molecule has 1 aliphatic heterocycles. The van der Waals surface area contributed by atoms with Crippen molar-refractivity contribution in [3.8, 4) is 17.2 Å². The van der Waals surface area contributed by atoms with Crippen LogP contribution in [0.3, 0.4) is 0 Å². The van der Waals surface area contributed by atoms with E-state index >= 15 is 0 Å². The minimum atomic E-state index is -0.445. The number of methoxy groups -OCH3 is 2. The Balaban J connectivity index is 1.45. The van der Waals surface area contributed by atoms with E-state index in [0.29, 0.717) is 39.2 Å². The van der Waals surface area contributed by atoms with Crippen molar-refractivity contribution >= 4 is 57.9 Å². The zero-order valence-electron chi connectivity index (χ0n) is 19.3. The molecule has 10 heteroatoms. The van der Waals surface area contributed by atoms with Crippen molar-refractivity contribution < 1.29 is 28.6 Å².